The lowest BCUT2D eigenvalue weighted by atomic mass is 10.2. The van der Waals surface area contributed by atoms with Crippen LogP contribution in [0.25, 0.3) is 0 Å². The van der Waals surface area contributed by atoms with Crippen molar-refractivity contribution in [3.05, 3.63) is 52.0 Å². The lowest BCUT2D eigenvalue weighted by Gasteiger charge is -2.10. The molecule has 0 heterocycles. The molecular weight excluding hydrogens is 255 g/mol. The van der Waals surface area contributed by atoms with Gasteiger partial charge in [0, 0.05) is 15.7 Å². The summed E-state index contributed by atoms with van der Waals surface area (Å²) in [6.07, 6.45) is 0. The molecule has 0 atom stereocenters. The summed E-state index contributed by atoms with van der Waals surface area (Å²) >= 11 is 11.9. The number of rotatable bonds is 2. The molecule has 4 heteroatoms. The standard InChI is InChI=1S/C13H12Cl2N2/c1-8-2-4-10(7-11(8)15)17-13-5-3-9(14)6-12(13)16/h2-7,17H,16H2,1H3. The first-order valence-electron chi connectivity index (χ1n) is 5.14. The zero-order chi connectivity index (χ0) is 12.4. The van der Waals surface area contributed by atoms with Crippen molar-refractivity contribution in [2.45, 2.75) is 6.92 Å². The van der Waals surface area contributed by atoms with Crippen molar-refractivity contribution in [1.29, 1.82) is 0 Å². The average molecular weight is 267 g/mol. The van der Waals surface area contributed by atoms with E-state index >= 15 is 0 Å². The van der Waals surface area contributed by atoms with Crippen LogP contribution in [0.4, 0.5) is 17.1 Å². The van der Waals surface area contributed by atoms with Crippen molar-refractivity contribution >= 4 is 40.3 Å². The van der Waals surface area contributed by atoms with Crippen LogP contribution in [0.2, 0.25) is 10.0 Å². The third-order valence-corrected chi connectivity index (χ3v) is 3.11. The molecule has 0 amide bonds. The van der Waals surface area contributed by atoms with Gasteiger partial charge in [-0.2, -0.15) is 0 Å². The van der Waals surface area contributed by atoms with Crippen LogP contribution in [-0.2, 0) is 0 Å². The van der Waals surface area contributed by atoms with E-state index in [-0.39, 0.29) is 0 Å². The van der Waals surface area contributed by atoms with E-state index in [4.69, 9.17) is 28.9 Å². The van der Waals surface area contributed by atoms with Gasteiger partial charge in [-0.05, 0) is 42.8 Å². The van der Waals surface area contributed by atoms with Crippen molar-refractivity contribution < 1.29 is 0 Å². The lowest BCUT2D eigenvalue weighted by molar-refractivity contribution is 1.45. The summed E-state index contributed by atoms with van der Waals surface area (Å²) in [6.45, 7) is 1.96. The fraction of sp³-hybridized carbons (Fsp3) is 0.0769. The smallest absolute Gasteiger partial charge is 0.0618 e. The van der Waals surface area contributed by atoms with Crippen LogP contribution in [0, 0.1) is 6.92 Å². The Balaban J connectivity index is 2.28. The predicted molar refractivity (Wildman–Crippen MR) is 75.3 cm³/mol. The molecule has 0 saturated heterocycles. The van der Waals surface area contributed by atoms with E-state index in [2.05, 4.69) is 5.32 Å². The number of hydrogen-bond acceptors (Lipinski definition) is 2. The van der Waals surface area contributed by atoms with Gasteiger partial charge in [0.05, 0.1) is 11.4 Å². The molecule has 0 bridgehead atoms. The molecule has 0 fully saturated rings. The maximum Gasteiger partial charge on any atom is 0.0618 e. The number of nitrogen functional groups attached to an aromatic ring is 1. The summed E-state index contributed by atoms with van der Waals surface area (Å²) in [6, 6.07) is 11.1. The van der Waals surface area contributed by atoms with Gasteiger partial charge in [0.2, 0.25) is 0 Å². The van der Waals surface area contributed by atoms with E-state index < -0.39 is 0 Å². The van der Waals surface area contributed by atoms with Crippen molar-refractivity contribution in [2.75, 3.05) is 11.1 Å². The number of nitrogens with two attached hydrogens (primary N) is 1. The van der Waals surface area contributed by atoms with Gasteiger partial charge < -0.3 is 11.1 Å². The number of aryl methyl sites for hydroxylation is 1. The lowest BCUT2D eigenvalue weighted by Crippen LogP contribution is -1.96. The van der Waals surface area contributed by atoms with E-state index in [0.29, 0.717) is 10.7 Å². The van der Waals surface area contributed by atoms with Crippen LogP contribution >= 0.6 is 23.2 Å². The summed E-state index contributed by atoms with van der Waals surface area (Å²) in [4.78, 5) is 0. The van der Waals surface area contributed by atoms with Crippen molar-refractivity contribution in [1.82, 2.24) is 0 Å². The second kappa shape index (κ2) is 4.86. The van der Waals surface area contributed by atoms with Gasteiger partial charge in [-0.25, -0.2) is 0 Å². The minimum absolute atomic E-state index is 0.606. The maximum absolute atomic E-state index is 6.05. The number of anilines is 3. The van der Waals surface area contributed by atoms with E-state index in [1.165, 1.54) is 0 Å². The quantitative estimate of drug-likeness (QED) is 0.778. The molecule has 3 N–H and O–H groups in total. The zero-order valence-electron chi connectivity index (χ0n) is 9.30. The first-order valence-corrected chi connectivity index (χ1v) is 5.90. The summed E-state index contributed by atoms with van der Waals surface area (Å²) in [5.41, 5.74) is 9.22. The first-order chi connectivity index (χ1) is 8.06. The minimum atomic E-state index is 0.606. The Kier molecular flexibility index (Phi) is 3.46. The van der Waals surface area contributed by atoms with Crippen molar-refractivity contribution in [3.63, 3.8) is 0 Å². The highest BCUT2D eigenvalue weighted by Crippen LogP contribution is 2.28. The molecule has 0 radical (unpaired) electrons. The predicted octanol–water partition coefficient (Wildman–Crippen LogP) is 4.63. The Labute approximate surface area is 110 Å². The number of halogens is 2. The van der Waals surface area contributed by atoms with Gasteiger partial charge in [-0.15, -0.1) is 0 Å². The Morgan fingerprint density at radius 3 is 2.47 bits per heavy atom. The normalized spacial score (nSPS) is 10.3. The third-order valence-electron chi connectivity index (χ3n) is 2.46. The van der Waals surface area contributed by atoms with Crippen molar-refractivity contribution in [3.8, 4) is 0 Å². The molecule has 2 rings (SSSR count). The summed E-state index contributed by atoms with van der Waals surface area (Å²) < 4.78 is 0. The molecule has 0 spiro atoms. The molecule has 0 aliphatic rings. The molecule has 2 aromatic rings. The highest BCUT2D eigenvalue weighted by Gasteiger charge is 2.02. The Morgan fingerprint density at radius 1 is 1.06 bits per heavy atom. The molecule has 2 nitrogen and oxygen atoms in total. The molecule has 0 aliphatic carbocycles. The molecule has 17 heavy (non-hydrogen) atoms. The molecule has 88 valence electrons. The Bertz CT molecular complexity index is 553. The fourth-order valence-electron chi connectivity index (χ4n) is 1.47. The second-order valence-electron chi connectivity index (χ2n) is 3.82. The Hall–Kier alpha value is -1.38. The zero-order valence-corrected chi connectivity index (χ0v) is 10.8. The van der Waals surface area contributed by atoms with Crippen LogP contribution < -0.4 is 11.1 Å². The van der Waals surface area contributed by atoms with Crippen LogP contribution in [-0.4, -0.2) is 0 Å². The van der Waals surface area contributed by atoms with Crippen LogP contribution in [0.3, 0.4) is 0 Å². The first kappa shape index (κ1) is 12.1. The van der Waals surface area contributed by atoms with Crippen molar-refractivity contribution in [2.24, 2.45) is 0 Å². The van der Waals surface area contributed by atoms with E-state index in [1.54, 1.807) is 12.1 Å². The number of nitrogens with one attached hydrogen (secondary N) is 1. The van der Waals surface area contributed by atoms with Crippen LogP contribution in [0.15, 0.2) is 36.4 Å². The molecule has 0 saturated carbocycles. The van der Waals surface area contributed by atoms with E-state index in [9.17, 15) is 0 Å². The average Bonchev–Trinajstić information content (AvgIpc) is 2.27. The van der Waals surface area contributed by atoms with E-state index in [1.807, 2.05) is 31.2 Å². The second-order valence-corrected chi connectivity index (χ2v) is 4.66. The highest BCUT2D eigenvalue weighted by molar-refractivity contribution is 6.31. The van der Waals surface area contributed by atoms with E-state index in [0.717, 1.165) is 22.0 Å². The van der Waals surface area contributed by atoms with Gasteiger partial charge >= 0.3 is 0 Å². The largest absolute Gasteiger partial charge is 0.397 e. The molecule has 0 aromatic heterocycles. The maximum atomic E-state index is 6.05. The summed E-state index contributed by atoms with van der Waals surface area (Å²) in [5.74, 6) is 0. The van der Waals surface area contributed by atoms with Gasteiger partial charge in [0.15, 0.2) is 0 Å². The fourth-order valence-corrected chi connectivity index (χ4v) is 1.83. The molecular formula is C13H12Cl2N2. The minimum Gasteiger partial charge on any atom is -0.397 e. The van der Waals surface area contributed by atoms with Gasteiger partial charge in [0.1, 0.15) is 0 Å². The van der Waals surface area contributed by atoms with Gasteiger partial charge in [-0.1, -0.05) is 29.3 Å². The molecule has 0 unspecified atom stereocenters. The SMILES string of the molecule is Cc1ccc(Nc2ccc(Cl)cc2N)cc1Cl. The summed E-state index contributed by atoms with van der Waals surface area (Å²) in [7, 11) is 0. The topological polar surface area (TPSA) is 38.0 Å². The molecule has 2 aromatic carbocycles. The van der Waals surface area contributed by atoms with Gasteiger partial charge in [0.25, 0.3) is 0 Å². The number of benzene rings is 2. The summed E-state index contributed by atoms with van der Waals surface area (Å²) in [5, 5.41) is 4.54. The van der Waals surface area contributed by atoms with Gasteiger partial charge in [-0.3, -0.25) is 0 Å². The molecule has 0 aliphatic heterocycles. The monoisotopic (exact) mass is 266 g/mol. The Morgan fingerprint density at radius 2 is 1.82 bits per heavy atom. The number of hydrogen-bond donors (Lipinski definition) is 2. The van der Waals surface area contributed by atoms with Crippen LogP contribution in [0.1, 0.15) is 5.56 Å². The van der Waals surface area contributed by atoms with Crippen LogP contribution in [0.5, 0.6) is 0 Å². The third kappa shape index (κ3) is 2.84. The highest BCUT2D eigenvalue weighted by atomic mass is 35.5.